The molecule has 0 spiro atoms. The van der Waals surface area contributed by atoms with Gasteiger partial charge >= 0.3 is 9.28 Å². The Morgan fingerprint density at radius 1 is 1.00 bits per heavy atom. The predicted octanol–water partition coefficient (Wildman–Crippen LogP) is 4.41. The van der Waals surface area contributed by atoms with E-state index in [1.54, 1.807) is 0 Å². The highest BCUT2D eigenvalue weighted by Gasteiger charge is 2.08. The molecule has 0 aliphatic carbocycles. The van der Waals surface area contributed by atoms with Gasteiger partial charge in [-0.25, -0.2) is 0 Å². The van der Waals surface area contributed by atoms with E-state index in [1.165, 1.54) is 5.56 Å². The molecule has 0 heterocycles. The number of hydrogen-bond acceptors (Lipinski definition) is 2. The third-order valence-corrected chi connectivity index (χ3v) is 4.27. The number of rotatable bonds is 8. The highest BCUT2D eigenvalue weighted by atomic mass is 28.3. The Balaban J connectivity index is 0.000000356. The van der Waals surface area contributed by atoms with E-state index in [4.69, 9.17) is 8.85 Å². The smallest absolute Gasteiger partial charge is 0.321 e. The maximum absolute atomic E-state index is 5.56. The average Bonchev–Trinajstić information content (AvgIpc) is 2.49. The van der Waals surface area contributed by atoms with E-state index in [1.807, 2.05) is 36.4 Å². The van der Waals surface area contributed by atoms with Crippen molar-refractivity contribution in [2.45, 2.75) is 39.7 Å². The fraction of sp³-hybridized carbons (Fsp3) is 0.500. The Morgan fingerprint density at radius 3 is 1.84 bits per heavy atom. The molecule has 0 radical (unpaired) electrons. The zero-order chi connectivity index (χ0) is 14.3. The third-order valence-electron chi connectivity index (χ3n) is 2.38. The van der Waals surface area contributed by atoms with E-state index in [-0.39, 0.29) is 0 Å². The zero-order valence-corrected chi connectivity index (χ0v) is 13.8. The molecular formula is C16H28O2Si. The summed E-state index contributed by atoms with van der Waals surface area (Å²) in [4.78, 5) is 0. The van der Waals surface area contributed by atoms with E-state index in [0.717, 1.165) is 32.1 Å². The topological polar surface area (TPSA) is 18.5 Å². The van der Waals surface area contributed by atoms with Crippen molar-refractivity contribution in [2.75, 3.05) is 13.2 Å². The van der Waals surface area contributed by atoms with Crippen molar-refractivity contribution in [1.82, 2.24) is 0 Å². The minimum atomic E-state index is -1.25. The van der Waals surface area contributed by atoms with Gasteiger partial charge in [0.1, 0.15) is 0 Å². The molecule has 1 aromatic rings. The lowest BCUT2D eigenvalue weighted by atomic mass is 10.2. The second-order valence-electron chi connectivity index (χ2n) is 4.19. The summed E-state index contributed by atoms with van der Waals surface area (Å²) < 4.78 is 11.1. The van der Waals surface area contributed by atoms with Crippen molar-refractivity contribution in [1.29, 1.82) is 0 Å². The maximum atomic E-state index is 5.56. The van der Waals surface area contributed by atoms with Crippen molar-refractivity contribution in [3.8, 4) is 0 Å². The molecule has 0 amide bonds. The van der Waals surface area contributed by atoms with Crippen molar-refractivity contribution in [3.63, 3.8) is 0 Å². The summed E-state index contributed by atoms with van der Waals surface area (Å²) in [6.45, 7) is 11.8. The van der Waals surface area contributed by atoms with Crippen LogP contribution in [0.5, 0.6) is 0 Å². The molecule has 0 aliphatic rings. The first-order chi connectivity index (χ1) is 9.28. The fourth-order valence-corrected chi connectivity index (χ4v) is 2.94. The molecule has 0 aliphatic heterocycles. The first-order valence-corrected chi connectivity index (χ1v) is 8.95. The van der Waals surface area contributed by atoms with Crippen LogP contribution < -0.4 is 0 Å². The second-order valence-corrected chi connectivity index (χ2v) is 6.54. The zero-order valence-electron chi connectivity index (χ0n) is 12.6. The predicted molar refractivity (Wildman–Crippen MR) is 86.6 cm³/mol. The summed E-state index contributed by atoms with van der Waals surface area (Å²) in [6.07, 6.45) is 4.03. The molecule has 2 nitrogen and oxygen atoms in total. The van der Waals surface area contributed by atoms with Crippen LogP contribution in [0.2, 0.25) is 6.04 Å². The van der Waals surface area contributed by atoms with Gasteiger partial charge in [0, 0.05) is 13.2 Å². The van der Waals surface area contributed by atoms with Crippen LogP contribution in [0.4, 0.5) is 0 Å². The van der Waals surface area contributed by atoms with E-state index >= 15 is 0 Å². The van der Waals surface area contributed by atoms with Gasteiger partial charge in [-0.3, -0.25) is 0 Å². The minimum Gasteiger partial charge on any atom is -0.397 e. The van der Waals surface area contributed by atoms with Crippen LogP contribution in [0.15, 0.2) is 36.9 Å². The standard InChI is InChI=1S/C8H20O2Si.C8H8/c1-4-7-9-11(6-3)10-8-5-2;1-2-8-6-4-3-5-7-8/h11H,4-8H2,1-3H3;2-7H,1H2. The highest BCUT2D eigenvalue weighted by Crippen LogP contribution is 1.98. The lowest BCUT2D eigenvalue weighted by molar-refractivity contribution is 0.197. The monoisotopic (exact) mass is 280 g/mol. The lowest BCUT2D eigenvalue weighted by Crippen LogP contribution is -2.22. The van der Waals surface area contributed by atoms with Crippen molar-refractivity contribution in [3.05, 3.63) is 42.5 Å². The highest BCUT2D eigenvalue weighted by molar-refractivity contribution is 6.44. The summed E-state index contributed by atoms with van der Waals surface area (Å²) in [5.74, 6) is 0. The van der Waals surface area contributed by atoms with Crippen LogP contribution in [-0.2, 0) is 8.85 Å². The van der Waals surface area contributed by atoms with Gasteiger partial charge in [0.05, 0.1) is 0 Å². The van der Waals surface area contributed by atoms with Gasteiger partial charge in [0.15, 0.2) is 0 Å². The van der Waals surface area contributed by atoms with Gasteiger partial charge in [0.2, 0.25) is 0 Å². The van der Waals surface area contributed by atoms with Gasteiger partial charge in [-0.05, 0) is 24.4 Å². The molecule has 0 saturated carbocycles. The number of hydrogen-bond donors (Lipinski definition) is 0. The molecule has 0 fully saturated rings. The molecule has 0 unspecified atom stereocenters. The minimum absolute atomic E-state index is 0.869. The van der Waals surface area contributed by atoms with E-state index in [0.29, 0.717) is 0 Å². The average molecular weight is 280 g/mol. The Bertz CT molecular complexity index is 293. The van der Waals surface area contributed by atoms with Crippen molar-refractivity contribution < 1.29 is 8.85 Å². The summed E-state index contributed by atoms with van der Waals surface area (Å²) in [5, 5.41) is 0. The largest absolute Gasteiger partial charge is 0.397 e. The Morgan fingerprint density at radius 2 is 1.53 bits per heavy atom. The van der Waals surface area contributed by atoms with E-state index in [9.17, 15) is 0 Å². The van der Waals surface area contributed by atoms with Crippen LogP contribution in [0.25, 0.3) is 6.08 Å². The molecule has 0 aromatic heterocycles. The van der Waals surface area contributed by atoms with Gasteiger partial charge in [-0.1, -0.05) is 63.8 Å². The molecule has 0 saturated heterocycles. The molecule has 1 rings (SSSR count). The second kappa shape index (κ2) is 13.5. The molecule has 0 N–H and O–H groups in total. The molecule has 108 valence electrons. The van der Waals surface area contributed by atoms with Gasteiger partial charge in [-0.2, -0.15) is 0 Å². The molecule has 0 bridgehead atoms. The Labute approximate surface area is 120 Å². The Hall–Kier alpha value is -0.903. The Kier molecular flexibility index (Phi) is 12.9. The quantitative estimate of drug-likeness (QED) is 0.657. The molecule has 0 atom stereocenters. The summed E-state index contributed by atoms with van der Waals surface area (Å²) >= 11 is 0. The van der Waals surface area contributed by atoms with E-state index in [2.05, 4.69) is 27.4 Å². The van der Waals surface area contributed by atoms with Crippen LogP contribution in [0.1, 0.15) is 39.2 Å². The molecule has 19 heavy (non-hydrogen) atoms. The molecular weight excluding hydrogens is 252 g/mol. The van der Waals surface area contributed by atoms with Crippen LogP contribution in [0, 0.1) is 0 Å². The summed E-state index contributed by atoms with van der Waals surface area (Å²) in [5.41, 5.74) is 1.17. The molecule has 3 heteroatoms. The number of benzene rings is 1. The lowest BCUT2D eigenvalue weighted by Gasteiger charge is -2.13. The van der Waals surface area contributed by atoms with Crippen molar-refractivity contribution >= 4 is 15.4 Å². The van der Waals surface area contributed by atoms with Crippen LogP contribution in [0.3, 0.4) is 0 Å². The van der Waals surface area contributed by atoms with Gasteiger partial charge in [0.25, 0.3) is 0 Å². The van der Waals surface area contributed by atoms with E-state index < -0.39 is 9.28 Å². The van der Waals surface area contributed by atoms with Crippen LogP contribution >= 0.6 is 0 Å². The first kappa shape index (κ1) is 18.1. The summed E-state index contributed by atoms with van der Waals surface area (Å²) in [7, 11) is -1.25. The maximum Gasteiger partial charge on any atom is 0.321 e. The summed E-state index contributed by atoms with van der Waals surface area (Å²) in [6, 6.07) is 11.1. The normalized spacial score (nSPS) is 9.89. The third kappa shape index (κ3) is 10.7. The molecule has 1 aromatic carbocycles. The van der Waals surface area contributed by atoms with Crippen molar-refractivity contribution in [2.24, 2.45) is 0 Å². The SMILES string of the molecule is C=Cc1ccccc1.CCCO[SiH](CC)OCCC. The van der Waals surface area contributed by atoms with Gasteiger partial charge < -0.3 is 8.85 Å². The fourth-order valence-electron chi connectivity index (χ4n) is 1.37. The van der Waals surface area contributed by atoms with Crippen LogP contribution in [-0.4, -0.2) is 22.5 Å². The van der Waals surface area contributed by atoms with Gasteiger partial charge in [-0.15, -0.1) is 0 Å². The first-order valence-electron chi connectivity index (χ1n) is 7.19.